The highest BCUT2D eigenvalue weighted by atomic mass is 16.2. The van der Waals surface area contributed by atoms with Gasteiger partial charge in [0, 0.05) is 11.1 Å². The Morgan fingerprint density at radius 1 is 0.413 bits per heavy atom. The zero-order valence-corrected chi connectivity index (χ0v) is 25.7. The van der Waals surface area contributed by atoms with E-state index in [0.717, 1.165) is 43.8 Å². The van der Waals surface area contributed by atoms with Crippen LogP contribution in [0.3, 0.4) is 0 Å². The molecule has 0 aromatic heterocycles. The van der Waals surface area contributed by atoms with E-state index >= 15 is 9.59 Å². The minimum absolute atomic E-state index is 0.159. The molecule has 0 fully saturated rings. The van der Waals surface area contributed by atoms with Crippen LogP contribution >= 0.6 is 0 Å². The quantitative estimate of drug-likeness (QED) is 0.192. The lowest BCUT2D eigenvalue weighted by Gasteiger charge is -2.32. The fourth-order valence-corrected chi connectivity index (χ4v) is 7.23. The summed E-state index contributed by atoms with van der Waals surface area (Å²) in [5.41, 5.74) is 6.02. The normalized spacial score (nSPS) is 16.1. The molecular weight excluding hydrogens is 564 g/mol. The van der Waals surface area contributed by atoms with Crippen LogP contribution in [0.1, 0.15) is 48.2 Å². The summed E-state index contributed by atoms with van der Waals surface area (Å²) in [6.07, 6.45) is 0. The largest absolute Gasteiger partial charge is 0.300 e. The molecule has 6 aromatic rings. The van der Waals surface area contributed by atoms with Crippen molar-refractivity contribution < 1.29 is 9.59 Å². The lowest BCUT2D eigenvalue weighted by atomic mass is 9.96. The molecule has 0 aliphatic carbocycles. The molecule has 8 rings (SSSR count). The average Bonchev–Trinajstić information content (AvgIpc) is 3.58. The summed E-state index contributed by atoms with van der Waals surface area (Å²) in [5.74, 6) is -0.318. The number of benzene rings is 6. The van der Waals surface area contributed by atoms with Crippen LogP contribution in [0.15, 0.2) is 157 Å². The van der Waals surface area contributed by atoms with Crippen molar-refractivity contribution in [3.8, 4) is 0 Å². The summed E-state index contributed by atoms with van der Waals surface area (Å²) in [5, 5.41) is 4.11. The fourth-order valence-electron chi connectivity index (χ4n) is 7.23. The maximum atomic E-state index is 15.1. The van der Waals surface area contributed by atoms with E-state index in [1.807, 2.05) is 133 Å². The maximum Gasteiger partial charge on any atom is 0.261 e. The molecule has 0 spiro atoms. The molecule has 6 aromatic carbocycles. The molecule has 4 nitrogen and oxygen atoms in total. The van der Waals surface area contributed by atoms with E-state index in [9.17, 15) is 0 Å². The van der Waals surface area contributed by atoms with E-state index in [2.05, 4.69) is 36.4 Å². The van der Waals surface area contributed by atoms with Crippen LogP contribution in [0.2, 0.25) is 0 Å². The molecule has 0 bridgehead atoms. The zero-order chi connectivity index (χ0) is 31.4. The van der Waals surface area contributed by atoms with Crippen LogP contribution in [-0.4, -0.2) is 21.6 Å². The van der Waals surface area contributed by atoms with Crippen molar-refractivity contribution in [1.29, 1.82) is 0 Å². The lowest BCUT2D eigenvalue weighted by Crippen LogP contribution is -2.33. The average molecular weight is 597 g/mol. The Kier molecular flexibility index (Phi) is 6.65. The van der Waals surface area contributed by atoms with Gasteiger partial charge in [-0.25, -0.2) is 0 Å². The third-order valence-corrected chi connectivity index (χ3v) is 9.50. The second-order valence-corrected chi connectivity index (χ2v) is 12.0. The van der Waals surface area contributed by atoms with Gasteiger partial charge in [0.15, 0.2) is 0 Å². The van der Waals surface area contributed by atoms with Crippen molar-refractivity contribution in [3.63, 3.8) is 0 Å². The summed E-state index contributed by atoms with van der Waals surface area (Å²) in [4.78, 5) is 34.0. The van der Waals surface area contributed by atoms with Gasteiger partial charge in [0.1, 0.15) is 0 Å². The molecule has 0 saturated carbocycles. The standard InChI is InChI=1S/C42H32N2O2/c1-27(29-15-5-3-6-16-29)43-39(35-25-13-21-31-19-9-11-23-33(31)35)37-38(41(43)45)40(36-26-14-22-32-20-10-12-24-34(32)36)44(42(37)46)28(2)30-17-7-4-8-18-30/h3-28H,1-2H3. The first kappa shape index (κ1) is 27.8. The van der Waals surface area contributed by atoms with Gasteiger partial charge in [0.05, 0.1) is 34.6 Å². The number of fused-ring (bicyclic) bond motifs is 3. The van der Waals surface area contributed by atoms with Crippen LogP contribution < -0.4 is 0 Å². The van der Waals surface area contributed by atoms with Crippen molar-refractivity contribution in [2.45, 2.75) is 25.9 Å². The van der Waals surface area contributed by atoms with E-state index in [1.165, 1.54) is 0 Å². The number of hydrogen-bond donors (Lipinski definition) is 0. The Labute approximate surface area is 268 Å². The molecule has 222 valence electrons. The van der Waals surface area contributed by atoms with E-state index in [4.69, 9.17) is 0 Å². The predicted octanol–water partition coefficient (Wildman–Crippen LogP) is 9.32. The van der Waals surface area contributed by atoms with Gasteiger partial charge in [0.2, 0.25) is 0 Å². The Balaban J connectivity index is 1.47. The van der Waals surface area contributed by atoms with Gasteiger partial charge in [-0.15, -0.1) is 0 Å². The molecule has 2 heterocycles. The van der Waals surface area contributed by atoms with Crippen LogP contribution in [-0.2, 0) is 9.59 Å². The Morgan fingerprint density at radius 3 is 1.17 bits per heavy atom. The number of carbonyl (C=O) groups is 2. The summed E-state index contributed by atoms with van der Waals surface area (Å²) in [6, 6.07) is 48.1. The molecule has 2 aliphatic heterocycles. The highest BCUT2D eigenvalue weighted by Gasteiger charge is 2.51. The van der Waals surface area contributed by atoms with Crippen LogP contribution in [0, 0.1) is 0 Å². The van der Waals surface area contributed by atoms with Gasteiger partial charge in [0.25, 0.3) is 11.8 Å². The summed E-state index contributed by atoms with van der Waals surface area (Å²) in [7, 11) is 0. The number of nitrogens with zero attached hydrogens (tertiary/aromatic N) is 2. The molecule has 0 radical (unpaired) electrons. The summed E-state index contributed by atoms with van der Waals surface area (Å²) >= 11 is 0. The molecule has 0 saturated heterocycles. The number of carbonyl (C=O) groups excluding carboxylic acids is 2. The van der Waals surface area contributed by atoms with Crippen molar-refractivity contribution in [3.05, 3.63) is 179 Å². The van der Waals surface area contributed by atoms with E-state index in [-0.39, 0.29) is 23.9 Å². The Hall–Kier alpha value is -5.74. The second-order valence-electron chi connectivity index (χ2n) is 12.0. The minimum atomic E-state index is -0.310. The molecule has 2 aliphatic rings. The molecule has 2 atom stereocenters. The Morgan fingerprint density at radius 2 is 0.761 bits per heavy atom. The fraction of sp³-hybridized carbons (Fsp3) is 0.0952. The molecule has 4 heteroatoms. The number of rotatable bonds is 6. The highest BCUT2D eigenvalue weighted by molar-refractivity contribution is 6.31. The third kappa shape index (κ3) is 4.21. The first-order valence-corrected chi connectivity index (χ1v) is 15.8. The highest BCUT2D eigenvalue weighted by Crippen LogP contribution is 2.52. The zero-order valence-electron chi connectivity index (χ0n) is 25.7. The second kappa shape index (κ2) is 11.0. The van der Waals surface area contributed by atoms with Crippen LogP contribution in [0.4, 0.5) is 0 Å². The van der Waals surface area contributed by atoms with Crippen LogP contribution in [0.5, 0.6) is 0 Å². The number of amides is 2. The smallest absolute Gasteiger partial charge is 0.261 e. The topological polar surface area (TPSA) is 40.6 Å². The minimum Gasteiger partial charge on any atom is -0.300 e. The van der Waals surface area contributed by atoms with Gasteiger partial charge in [-0.3, -0.25) is 19.4 Å². The van der Waals surface area contributed by atoms with Gasteiger partial charge in [-0.2, -0.15) is 0 Å². The predicted molar refractivity (Wildman–Crippen MR) is 185 cm³/mol. The van der Waals surface area contributed by atoms with Gasteiger partial charge < -0.3 is 0 Å². The molecular formula is C42H32N2O2. The first-order valence-electron chi connectivity index (χ1n) is 15.8. The molecule has 0 N–H and O–H groups in total. The monoisotopic (exact) mass is 596 g/mol. The van der Waals surface area contributed by atoms with E-state index < -0.39 is 0 Å². The van der Waals surface area contributed by atoms with Crippen molar-refractivity contribution in [2.75, 3.05) is 0 Å². The summed E-state index contributed by atoms with van der Waals surface area (Å²) in [6.45, 7) is 4.10. The van der Waals surface area contributed by atoms with Crippen molar-refractivity contribution >= 4 is 44.8 Å². The van der Waals surface area contributed by atoms with Crippen molar-refractivity contribution in [1.82, 2.24) is 9.80 Å². The maximum absolute atomic E-state index is 15.1. The van der Waals surface area contributed by atoms with E-state index in [1.54, 1.807) is 0 Å². The van der Waals surface area contributed by atoms with E-state index in [0.29, 0.717) is 22.5 Å². The SMILES string of the molecule is CC(c1ccccc1)N1C(=O)C2=C(c3cccc4ccccc34)N(C(C)c3ccccc3)C(=O)C2=C1c1cccc2ccccc12. The third-order valence-electron chi connectivity index (χ3n) is 9.50. The molecule has 46 heavy (non-hydrogen) atoms. The van der Waals surface area contributed by atoms with Crippen LogP contribution in [0.25, 0.3) is 32.9 Å². The number of hydrogen-bond acceptors (Lipinski definition) is 2. The van der Waals surface area contributed by atoms with Crippen molar-refractivity contribution in [2.24, 2.45) is 0 Å². The lowest BCUT2D eigenvalue weighted by molar-refractivity contribution is -0.125. The van der Waals surface area contributed by atoms with Gasteiger partial charge in [-0.1, -0.05) is 146 Å². The van der Waals surface area contributed by atoms with Gasteiger partial charge >= 0.3 is 0 Å². The first-order chi connectivity index (χ1) is 22.5. The molecule has 2 amide bonds. The molecule has 2 unspecified atom stereocenters. The Bertz CT molecular complexity index is 2060. The van der Waals surface area contributed by atoms with Gasteiger partial charge in [-0.05, 0) is 46.5 Å². The summed E-state index contributed by atoms with van der Waals surface area (Å²) < 4.78 is 0.